The first-order valence-corrected chi connectivity index (χ1v) is 12.8. The third kappa shape index (κ3) is 6.39. The molecule has 0 fully saturated rings. The molecular formula is C26H17Cl2NO7S. The first-order valence-electron chi connectivity index (χ1n) is 10.6. The maximum Gasteiger partial charge on any atom is 0.519 e. The predicted octanol–water partition coefficient (Wildman–Crippen LogP) is 6.97. The highest BCUT2D eigenvalue weighted by molar-refractivity contribution is 7.93. The van der Waals surface area contributed by atoms with Crippen molar-refractivity contribution in [3.05, 3.63) is 113 Å². The van der Waals surface area contributed by atoms with Crippen molar-refractivity contribution in [2.75, 3.05) is 4.31 Å². The number of ether oxygens (including phenoxy) is 3. The molecule has 0 bridgehead atoms. The molecule has 0 aromatic heterocycles. The molecule has 0 spiro atoms. The van der Waals surface area contributed by atoms with Crippen LogP contribution in [0.4, 0.5) is 15.3 Å². The smallest absolute Gasteiger partial charge is 0.409 e. The van der Waals surface area contributed by atoms with E-state index in [4.69, 9.17) is 37.4 Å². The second-order valence-corrected chi connectivity index (χ2v) is 9.92. The molecule has 1 amide bonds. The Morgan fingerprint density at radius 2 is 1.24 bits per heavy atom. The molecule has 188 valence electrons. The van der Waals surface area contributed by atoms with Crippen LogP contribution in [-0.4, -0.2) is 20.7 Å². The van der Waals surface area contributed by atoms with Crippen LogP contribution in [0.1, 0.15) is 0 Å². The average Bonchev–Trinajstić information content (AvgIpc) is 2.87. The monoisotopic (exact) mass is 557 g/mol. The molecule has 0 aliphatic rings. The summed E-state index contributed by atoms with van der Waals surface area (Å²) < 4.78 is 42.9. The highest BCUT2D eigenvalue weighted by atomic mass is 35.5. The fourth-order valence-electron chi connectivity index (χ4n) is 3.08. The maximum absolute atomic E-state index is 13.5. The lowest BCUT2D eigenvalue weighted by Crippen LogP contribution is -2.39. The molecule has 0 unspecified atom stereocenters. The Labute approximate surface area is 222 Å². The first kappa shape index (κ1) is 26.0. The lowest BCUT2D eigenvalue weighted by atomic mass is 10.3. The molecule has 4 rings (SSSR count). The van der Waals surface area contributed by atoms with Gasteiger partial charge < -0.3 is 14.2 Å². The number of hydrogen-bond donors (Lipinski definition) is 0. The second-order valence-electron chi connectivity index (χ2n) is 7.29. The van der Waals surface area contributed by atoms with Crippen LogP contribution < -0.4 is 18.5 Å². The number of para-hydroxylation sites is 2. The summed E-state index contributed by atoms with van der Waals surface area (Å²) in [5.41, 5.74) is -0.162. The van der Waals surface area contributed by atoms with Gasteiger partial charge in [-0.25, -0.2) is 18.0 Å². The quantitative estimate of drug-likeness (QED) is 0.186. The van der Waals surface area contributed by atoms with Gasteiger partial charge in [-0.15, -0.1) is 0 Å². The maximum atomic E-state index is 13.5. The van der Waals surface area contributed by atoms with Gasteiger partial charge in [0.05, 0.1) is 15.6 Å². The molecule has 4 aromatic rings. The van der Waals surface area contributed by atoms with Crippen molar-refractivity contribution in [3.8, 4) is 17.2 Å². The molecular weight excluding hydrogens is 541 g/mol. The van der Waals surface area contributed by atoms with E-state index in [2.05, 4.69) is 0 Å². The number of halogens is 2. The Bertz CT molecular complexity index is 1510. The van der Waals surface area contributed by atoms with Gasteiger partial charge >= 0.3 is 12.2 Å². The van der Waals surface area contributed by atoms with Crippen molar-refractivity contribution in [3.63, 3.8) is 0 Å². The van der Waals surface area contributed by atoms with Gasteiger partial charge in [-0.3, -0.25) is 0 Å². The summed E-state index contributed by atoms with van der Waals surface area (Å²) in [5.74, 6) is 0.259. The summed E-state index contributed by atoms with van der Waals surface area (Å²) in [5, 5.41) is 0.149. The topological polar surface area (TPSA) is 99.2 Å². The van der Waals surface area contributed by atoms with E-state index in [1.807, 2.05) is 0 Å². The number of nitrogens with zero attached hydrogens (tertiary/aromatic N) is 1. The molecule has 0 aliphatic heterocycles. The Kier molecular flexibility index (Phi) is 7.98. The van der Waals surface area contributed by atoms with E-state index in [0.717, 1.165) is 6.07 Å². The number of benzene rings is 4. The van der Waals surface area contributed by atoms with Gasteiger partial charge in [-0.05, 0) is 66.7 Å². The Morgan fingerprint density at radius 3 is 1.81 bits per heavy atom. The van der Waals surface area contributed by atoms with Crippen molar-refractivity contribution in [2.45, 2.75) is 4.90 Å². The van der Waals surface area contributed by atoms with Crippen LogP contribution >= 0.6 is 23.2 Å². The largest absolute Gasteiger partial charge is 0.519 e. The first-order chi connectivity index (χ1) is 17.7. The van der Waals surface area contributed by atoms with Crippen molar-refractivity contribution in [2.24, 2.45) is 0 Å². The van der Waals surface area contributed by atoms with E-state index in [-0.39, 0.29) is 32.9 Å². The lowest BCUT2D eigenvalue weighted by molar-refractivity contribution is 0.152. The molecule has 8 nitrogen and oxygen atoms in total. The number of hydrogen-bond acceptors (Lipinski definition) is 7. The summed E-state index contributed by atoms with van der Waals surface area (Å²) in [6.45, 7) is 0. The molecule has 0 N–H and O–H groups in total. The fraction of sp³-hybridized carbons (Fsp3) is 0. The van der Waals surface area contributed by atoms with Crippen LogP contribution in [0.2, 0.25) is 10.0 Å². The van der Waals surface area contributed by atoms with Crippen LogP contribution in [-0.2, 0) is 10.0 Å². The van der Waals surface area contributed by atoms with Gasteiger partial charge in [0.15, 0.2) is 5.75 Å². The molecule has 0 radical (unpaired) electrons. The van der Waals surface area contributed by atoms with Gasteiger partial charge in [-0.1, -0.05) is 59.6 Å². The molecule has 4 aromatic carbocycles. The molecule has 0 heterocycles. The summed E-state index contributed by atoms with van der Waals surface area (Å²) in [7, 11) is -4.47. The van der Waals surface area contributed by atoms with E-state index in [9.17, 15) is 18.0 Å². The number of carbonyl (C=O) groups excluding carboxylic acids is 2. The van der Waals surface area contributed by atoms with Gasteiger partial charge in [0.1, 0.15) is 11.5 Å². The van der Waals surface area contributed by atoms with Crippen molar-refractivity contribution < 1.29 is 32.2 Å². The van der Waals surface area contributed by atoms with E-state index in [1.165, 1.54) is 48.5 Å². The zero-order chi connectivity index (χ0) is 26.4. The minimum atomic E-state index is -4.47. The summed E-state index contributed by atoms with van der Waals surface area (Å²) in [6, 6.07) is 25.0. The summed E-state index contributed by atoms with van der Waals surface area (Å²) >= 11 is 12.2. The zero-order valence-corrected chi connectivity index (χ0v) is 21.1. The van der Waals surface area contributed by atoms with E-state index < -0.39 is 22.3 Å². The minimum absolute atomic E-state index is 0.119. The normalized spacial score (nSPS) is 10.9. The SMILES string of the molecule is O=C(Oc1ccccc1)Oc1ccc(N(C(=O)Oc2ccccc2)S(=O)(=O)c2ccc(Cl)cc2)cc1Cl. The third-order valence-corrected chi connectivity index (χ3v) is 7.01. The van der Waals surface area contributed by atoms with Gasteiger partial charge in [-0.2, -0.15) is 4.31 Å². The highest BCUT2D eigenvalue weighted by Gasteiger charge is 2.33. The van der Waals surface area contributed by atoms with E-state index in [1.54, 1.807) is 48.5 Å². The zero-order valence-electron chi connectivity index (χ0n) is 18.8. The third-order valence-electron chi connectivity index (χ3n) is 4.75. The lowest BCUT2D eigenvalue weighted by Gasteiger charge is -2.22. The van der Waals surface area contributed by atoms with Gasteiger partial charge in [0.25, 0.3) is 10.0 Å². The Balaban J connectivity index is 1.65. The molecule has 0 aliphatic carbocycles. The predicted molar refractivity (Wildman–Crippen MR) is 138 cm³/mol. The molecule has 0 saturated heterocycles. The standard InChI is InChI=1S/C26H17Cl2NO7S/c27-18-11-14-22(15-12-18)37(32,33)29(25(30)34-20-7-3-1-4-8-20)19-13-16-24(23(28)17-19)36-26(31)35-21-9-5-2-6-10-21/h1-17H. The average molecular weight is 558 g/mol. The molecule has 0 saturated carbocycles. The number of anilines is 1. The number of amides is 1. The van der Waals surface area contributed by atoms with Crippen LogP contribution in [0.25, 0.3) is 0 Å². The Morgan fingerprint density at radius 1 is 0.676 bits per heavy atom. The Hall–Kier alpha value is -4.05. The van der Waals surface area contributed by atoms with Crippen LogP contribution in [0.3, 0.4) is 0 Å². The summed E-state index contributed by atoms with van der Waals surface area (Å²) in [6.07, 6.45) is -2.27. The van der Waals surface area contributed by atoms with E-state index in [0.29, 0.717) is 9.33 Å². The second kappa shape index (κ2) is 11.3. The van der Waals surface area contributed by atoms with Crippen LogP contribution in [0.5, 0.6) is 17.2 Å². The minimum Gasteiger partial charge on any atom is -0.409 e. The van der Waals surface area contributed by atoms with Gasteiger partial charge in [0.2, 0.25) is 0 Å². The van der Waals surface area contributed by atoms with Gasteiger partial charge in [0, 0.05) is 5.02 Å². The molecule has 0 atom stereocenters. The number of sulfonamides is 1. The van der Waals surface area contributed by atoms with Crippen LogP contribution in [0, 0.1) is 0 Å². The van der Waals surface area contributed by atoms with Crippen molar-refractivity contribution in [1.82, 2.24) is 0 Å². The fourth-order valence-corrected chi connectivity index (χ4v) is 4.73. The molecule has 37 heavy (non-hydrogen) atoms. The van der Waals surface area contributed by atoms with Crippen molar-refractivity contribution in [1.29, 1.82) is 0 Å². The van der Waals surface area contributed by atoms with Crippen LogP contribution in [0.15, 0.2) is 108 Å². The summed E-state index contributed by atoms with van der Waals surface area (Å²) in [4.78, 5) is 25.1. The number of rotatable bonds is 6. The van der Waals surface area contributed by atoms with Crippen molar-refractivity contribution >= 4 is 51.2 Å². The highest BCUT2D eigenvalue weighted by Crippen LogP contribution is 2.33. The number of carbonyl (C=O) groups is 2. The van der Waals surface area contributed by atoms with E-state index >= 15 is 0 Å². The molecule has 11 heteroatoms.